The predicted octanol–water partition coefficient (Wildman–Crippen LogP) is 4.87. The van der Waals surface area contributed by atoms with Crippen molar-refractivity contribution >= 4 is 51.2 Å². The van der Waals surface area contributed by atoms with E-state index in [1.54, 1.807) is 18.3 Å². The molecule has 100 valence electrons. The minimum absolute atomic E-state index is 0.540. The first-order valence-electron chi connectivity index (χ1n) is 6.00. The topological polar surface area (TPSA) is 50.9 Å². The number of nitrogens with one attached hydrogen (secondary N) is 1. The van der Waals surface area contributed by atoms with Gasteiger partial charge in [0.25, 0.3) is 0 Å². The maximum atomic E-state index is 6.18. The second-order valence-corrected chi connectivity index (χ2v) is 5.20. The van der Waals surface area contributed by atoms with Crippen molar-refractivity contribution in [2.24, 2.45) is 0 Å². The van der Waals surface area contributed by atoms with Crippen molar-refractivity contribution < 1.29 is 0 Å². The van der Waals surface area contributed by atoms with E-state index < -0.39 is 0 Å². The molecule has 0 aliphatic carbocycles. The Morgan fingerprint density at radius 1 is 1.05 bits per heavy atom. The second kappa shape index (κ2) is 5.19. The Balaban J connectivity index is 2.12. The van der Waals surface area contributed by atoms with E-state index in [1.165, 1.54) is 0 Å². The number of nitrogens with two attached hydrogens (primary N) is 1. The molecule has 0 saturated heterocycles. The summed E-state index contributed by atoms with van der Waals surface area (Å²) in [6.45, 7) is 0. The summed E-state index contributed by atoms with van der Waals surface area (Å²) < 4.78 is 0. The summed E-state index contributed by atoms with van der Waals surface area (Å²) in [6, 6.07) is 13.1. The van der Waals surface area contributed by atoms with Crippen LogP contribution in [0.25, 0.3) is 10.9 Å². The van der Waals surface area contributed by atoms with Crippen molar-refractivity contribution in [3.8, 4) is 0 Å². The first-order chi connectivity index (χ1) is 9.65. The molecule has 0 amide bonds. The van der Waals surface area contributed by atoms with Crippen LogP contribution in [0.2, 0.25) is 10.0 Å². The molecule has 3 rings (SSSR count). The van der Waals surface area contributed by atoms with Crippen LogP contribution in [0.1, 0.15) is 0 Å². The minimum Gasteiger partial charge on any atom is -0.396 e. The van der Waals surface area contributed by atoms with E-state index in [0.717, 1.165) is 22.3 Å². The molecule has 3 aromatic rings. The van der Waals surface area contributed by atoms with Crippen LogP contribution in [0.5, 0.6) is 0 Å². The standard InChI is InChI=1S/C15H11Cl2N3/c16-9-5-6-14(11(17)7-9)20-15-10-3-1-2-4-13(10)19-8-12(15)18/h1-8H,18H2,(H,19,20). The molecule has 3 nitrogen and oxygen atoms in total. The zero-order valence-corrected chi connectivity index (χ0v) is 11.9. The lowest BCUT2D eigenvalue weighted by Gasteiger charge is -2.13. The van der Waals surface area contributed by atoms with Crippen LogP contribution in [-0.2, 0) is 0 Å². The first kappa shape index (κ1) is 13.0. The molecule has 0 unspecified atom stereocenters. The van der Waals surface area contributed by atoms with Gasteiger partial charge in [0.1, 0.15) is 0 Å². The van der Waals surface area contributed by atoms with Gasteiger partial charge in [0.2, 0.25) is 0 Å². The molecule has 2 aromatic carbocycles. The van der Waals surface area contributed by atoms with Crippen molar-refractivity contribution in [2.45, 2.75) is 0 Å². The molecule has 1 aromatic heterocycles. The van der Waals surface area contributed by atoms with E-state index in [9.17, 15) is 0 Å². The lowest BCUT2D eigenvalue weighted by molar-refractivity contribution is 1.40. The number of nitrogen functional groups attached to an aromatic ring is 1. The average molecular weight is 304 g/mol. The van der Waals surface area contributed by atoms with Crippen LogP contribution in [-0.4, -0.2) is 4.98 Å². The van der Waals surface area contributed by atoms with E-state index in [4.69, 9.17) is 28.9 Å². The number of halogens is 2. The average Bonchev–Trinajstić information content (AvgIpc) is 2.44. The summed E-state index contributed by atoms with van der Waals surface area (Å²) in [5.74, 6) is 0. The molecule has 3 N–H and O–H groups in total. The number of hydrogen-bond acceptors (Lipinski definition) is 3. The van der Waals surface area contributed by atoms with Crippen LogP contribution in [0, 0.1) is 0 Å². The SMILES string of the molecule is Nc1cnc2ccccc2c1Nc1ccc(Cl)cc1Cl. The molecule has 1 heterocycles. The fraction of sp³-hybridized carbons (Fsp3) is 0. The van der Waals surface area contributed by atoms with Gasteiger partial charge in [-0.05, 0) is 24.3 Å². The van der Waals surface area contributed by atoms with Gasteiger partial charge >= 0.3 is 0 Å². The Bertz CT molecular complexity index is 787. The lowest BCUT2D eigenvalue weighted by Crippen LogP contribution is -1.99. The lowest BCUT2D eigenvalue weighted by atomic mass is 10.1. The van der Waals surface area contributed by atoms with E-state index in [2.05, 4.69) is 10.3 Å². The third-order valence-electron chi connectivity index (χ3n) is 3.00. The van der Waals surface area contributed by atoms with Crippen LogP contribution in [0.15, 0.2) is 48.7 Å². The van der Waals surface area contributed by atoms with Gasteiger partial charge in [0.15, 0.2) is 0 Å². The van der Waals surface area contributed by atoms with Crippen LogP contribution in [0.4, 0.5) is 17.1 Å². The monoisotopic (exact) mass is 303 g/mol. The number of anilines is 3. The third-order valence-corrected chi connectivity index (χ3v) is 3.54. The number of nitrogens with zero attached hydrogens (tertiary/aromatic N) is 1. The molecule has 0 radical (unpaired) electrons. The Labute approximate surface area is 126 Å². The van der Waals surface area contributed by atoms with Crippen molar-refractivity contribution in [1.82, 2.24) is 4.98 Å². The number of fused-ring (bicyclic) bond motifs is 1. The molecular formula is C15H11Cl2N3. The fourth-order valence-corrected chi connectivity index (χ4v) is 2.48. The first-order valence-corrected chi connectivity index (χ1v) is 6.76. The zero-order valence-electron chi connectivity index (χ0n) is 10.4. The van der Waals surface area contributed by atoms with Gasteiger partial charge in [-0.25, -0.2) is 0 Å². The number of aromatic nitrogens is 1. The van der Waals surface area contributed by atoms with E-state index in [0.29, 0.717) is 15.7 Å². The molecular weight excluding hydrogens is 293 g/mol. The fourth-order valence-electron chi connectivity index (χ4n) is 2.02. The highest BCUT2D eigenvalue weighted by atomic mass is 35.5. The normalized spacial score (nSPS) is 10.7. The smallest absolute Gasteiger partial charge is 0.0746 e. The molecule has 0 aliphatic heterocycles. The van der Waals surface area contributed by atoms with Gasteiger partial charge in [-0.2, -0.15) is 0 Å². The van der Waals surface area contributed by atoms with Gasteiger partial charge in [-0.1, -0.05) is 41.4 Å². The number of hydrogen-bond donors (Lipinski definition) is 2. The third kappa shape index (κ3) is 2.38. The molecule has 0 saturated carbocycles. The van der Waals surface area contributed by atoms with Crippen molar-refractivity contribution in [3.05, 3.63) is 58.7 Å². The van der Waals surface area contributed by atoms with Crippen molar-refractivity contribution in [1.29, 1.82) is 0 Å². The zero-order chi connectivity index (χ0) is 14.1. The molecule has 0 bridgehead atoms. The summed E-state index contributed by atoms with van der Waals surface area (Å²) >= 11 is 12.1. The highest BCUT2D eigenvalue weighted by Gasteiger charge is 2.08. The number of rotatable bonds is 2. The van der Waals surface area contributed by atoms with Crippen LogP contribution < -0.4 is 11.1 Å². The van der Waals surface area contributed by atoms with Gasteiger partial charge in [0.05, 0.1) is 33.8 Å². The maximum absolute atomic E-state index is 6.18. The Kier molecular flexibility index (Phi) is 3.38. The summed E-state index contributed by atoms with van der Waals surface area (Å²) in [5, 5.41) is 5.33. The van der Waals surface area contributed by atoms with Gasteiger partial charge in [-0.3, -0.25) is 4.98 Å². The quantitative estimate of drug-likeness (QED) is 0.710. The number of pyridine rings is 1. The van der Waals surface area contributed by atoms with Crippen LogP contribution >= 0.6 is 23.2 Å². The Morgan fingerprint density at radius 3 is 2.65 bits per heavy atom. The van der Waals surface area contributed by atoms with Gasteiger partial charge < -0.3 is 11.1 Å². The molecule has 0 aliphatic rings. The van der Waals surface area contributed by atoms with E-state index >= 15 is 0 Å². The van der Waals surface area contributed by atoms with E-state index in [1.807, 2.05) is 30.3 Å². The highest BCUT2D eigenvalue weighted by molar-refractivity contribution is 6.36. The number of benzene rings is 2. The Hall–Kier alpha value is -1.97. The largest absolute Gasteiger partial charge is 0.396 e. The molecule has 0 fully saturated rings. The molecule has 20 heavy (non-hydrogen) atoms. The molecule has 5 heteroatoms. The summed E-state index contributed by atoms with van der Waals surface area (Å²) in [5.41, 5.74) is 9.00. The van der Waals surface area contributed by atoms with Crippen molar-refractivity contribution in [2.75, 3.05) is 11.1 Å². The summed E-state index contributed by atoms with van der Waals surface area (Å²) in [4.78, 5) is 4.30. The second-order valence-electron chi connectivity index (χ2n) is 4.35. The maximum Gasteiger partial charge on any atom is 0.0746 e. The summed E-state index contributed by atoms with van der Waals surface area (Å²) in [6.07, 6.45) is 1.63. The predicted molar refractivity (Wildman–Crippen MR) is 85.9 cm³/mol. The molecule has 0 atom stereocenters. The highest BCUT2D eigenvalue weighted by Crippen LogP contribution is 2.34. The number of para-hydroxylation sites is 1. The Morgan fingerprint density at radius 2 is 1.85 bits per heavy atom. The van der Waals surface area contributed by atoms with E-state index in [-0.39, 0.29) is 0 Å². The van der Waals surface area contributed by atoms with Crippen molar-refractivity contribution in [3.63, 3.8) is 0 Å². The molecule has 0 spiro atoms. The van der Waals surface area contributed by atoms with Crippen LogP contribution in [0.3, 0.4) is 0 Å². The van der Waals surface area contributed by atoms with Gasteiger partial charge in [0, 0.05) is 10.4 Å². The minimum atomic E-state index is 0.540. The summed E-state index contributed by atoms with van der Waals surface area (Å²) in [7, 11) is 0. The van der Waals surface area contributed by atoms with Gasteiger partial charge in [-0.15, -0.1) is 0 Å².